The summed E-state index contributed by atoms with van der Waals surface area (Å²) in [6.07, 6.45) is 14.1. The van der Waals surface area contributed by atoms with Crippen molar-refractivity contribution in [2.24, 2.45) is 5.92 Å². The summed E-state index contributed by atoms with van der Waals surface area (Å²) in [5, 5.41) is 0. The molecule has 1 fully saturated rings. The van der Waals surface area contributed by atoms with Gasteiger partial charge in [0.25, 0.3) is 0 Å². The summed E-state index contributed by atoms with van der Waals surface area (Å²) in [6, 6.07) is 0. The highest BCUT2D eigenvalue weighted by atomic mass is 35.5. The van der Waals surface area contributed by atoms with Crippen molar-refractivity contribution in [3.05, 3.63) is 0 Å². The molecule has 0 heterocycles. The van der Waals surface area contributed by atoms with Crippen molar-refractivity contribution < 1.29 is 21.6 Å². The number of quaternary nitrogens is 1. The fraction of sp³-hybridized carbons (Fsp3) is 1.00. The molecule has 0 atom stereocenters. The Morgan fingerprint density at radius 3 is 2.10 bits per heavy atom. The second-order valence-electron chi connectivity index (χ2n) is 7.60. The van der Waals surface area contributed by atoms with Gasteiger partial charge in [0.1, 0.15) is 0 Å². The summed E-state index contributed by atoms with van der Waals surface area (Å²) < 4.78 is 7.19. The molecule has 0 saturated heterocycles. The monoisotopic (exact) mass is 319 g/mol. The number of halogens is 1. The van der Waals surface area contributed by atoms with Gasteiger partial charge in [-0.1, -0.05) is 39.5 Å². The zero-order valence-electron chi connectivity index (χ0n) is 14.9. The average molecular weight is 320 g/mol. The fourth-order valence-electron chi connectivity index (χ4n) is 3.09. The van der Waals surface area contributed by atoms with E-state index < -0.39 is 0 Å². The van der Waals surface area contributed by atoms with E-state index in [0.29, 0.717) is 6.10 Å². The molecule has 1 aliphatic carbocycles. The van der Waals surface area contributed by atoms with Crippen LogP contribution in [-0.4, -0.2) is 38.0 Å². The molecule has 0 amide bonds. The number of hydrogen-bond donors (Lipinski definition) is 0. The minimum absolute atomic E-state index is 0. The largest absolute Gasteiger partial charge is 1.00 e. The second kappa shape index (κ2) is 11.7. The van der Waals surface area contributed by atoms with Crippen LogP contribution < -0.4 is 12.4 Å². The third-order valence-electron chi connectivity index (χ3n) is 4.74. The van der Waals surface area contributed by atoms with Crippen LogP contribution in [0.5, 0.6) is 0 Å². The van der Waals surface area contributed by atoms with E-state index in [1.165, 1.54) is 70.8 Å². The van der Waals surface area contributed by atoms with Crippen molar-refractivity contribution in [3.8, 4) is 0 Å². The van der Waals surface area contributed by atoms with Gasteiger partial charge in [0.05, 0.1) is 26.7 Å². The molecule has 0 aromatic heterocycles. The Bertz CT molecular complexity index is 237. The van der Waals surface area contributed by atoms with Gasteiger partial charge in [-0.25, -0.2) is 0 Å². The Kier molecular flexibility index (Phi) is 11.9. The molecule has 0 aliphatic heterocycles. The van der Waals surface area contributed by atoms with E-state index in [0.717, 1.165) is 17.1 Å². The summed E-state index contributed by atoms with van der Waals surface area (Å²) in [7, 11) is 4.63. The molecule has 0 N–H and O–H groups in total. The maximum atomic E-state index is 6.16. The first-order valence-corrected chi connectivity index (χ1v) is 8.97. The summed E-state index contributed by atoms with van der Waals surface area (Å²) in [5.41, 5.74) is 0. The third-order valence-corrected chi connectivity index (χ3v) is 4.74. The molecule has 21 heavy (non-hydrogen) atoms. The summed E-state index contributed by atoms with van der Waals surface area (Å²) in [4.78, 5) is 0. The summed E-state index contributed by atoms with van der Waals surface area (Å²) in [5.74, 6) is 0.917. The standard InChI is InChI=1S/C18H38NO.ClH/c1-5-6-7-8-9-10-15-19(3,4)16-20-18-13-11-17(2)12-14-18;/h17-18H,5-16H2,1-4H3;1H/q+1;/p-1. The summed E-state index contributed by atoms with van der Waals surface area (Å²) >= 11 is 0. The van der Waals surface area contributed by atoms with Gasteiger partial charge in [0, 0.05) is 0 Å². The van der Waals surface area contributed by atoms with E-state index in [2.05, 4.69) is 27.9 Å². The molecule has 0 unspecified atom stereocenters. The normalized spacial score (nSPS) is 22.9. The van der Waals surface area contributed by atoms with Gasteiger partial charge in [0.2, 0.25) is 0 Å². The molecule has 1 aliphatic rings. The maximum Gasteiger partial charge on any atom is 0.183 e. The van der Waals surface area contributed by atoms with E-state index >= 15 is 0 Å². The topological polar surface area (TPSA) is 9.23 Å². The zero-order chi connectivity index (χ0) is 14.8. The predicted molar refractivity (Wildman–Crippen MR) is 87.7 cm³/mol. The van der Waals surface area contributed by atoms with Gasteiger partial charge in [-0.05, 0) is 44.4 Å². The van der Waals surface area contributed by atoms with Crippen LogP contribution in [0.3, 0.4) is 0 Å². The summed E-state index contributed by atoms with van der Waals surface area (Å²) in [6.45, 7) is 6.81. The van der Waals surface area contributed by atoms with Crippen LogP contribution in [0.4, 0.5) is 0 Å². The smallest absolute Gasteiger partial charge is 0.183 e. The van der Waals surface area contributed by atoms with Crippen LogP contribution >= 0.6 is 0 Å². The average Bonchev–Trinajstić information content (AvgIpc) is 2.42. The number of rotatable bonds is 10. The number of hydrogen-bond acceptors (Lipinski definition) is 1. The minimum atomic E-state index is 0. The molecular weight excluding hydrogens is 282 g/mol. The Balaban J connectivity index is 0.00000400. The van der Waals surface area contributed by atoms with Crippen molar-refractivity contribution in [1.29, 1.82) is 0 Å². The highest BCUT2D eigenvalue weighted by molar-refractivity contribution is 4.69. The highest BCUT2D eigenvalue weighted by Gasteiger charge is 2.22. The first kappa shape index (κ1) is 21.2. The SMILES string of the molecule is CCCCCCCC[N+](C)(C)COC1CCC(C)CC1.[Cl-]. The van der Waals surface area contributed by atoms with Crippen LogP contribution in [0.2, 0.25) is 0 Å². The van der Waals surface area contributed by atoms with Crippen LogP contribution in [0, 0.1) is 5.92 Å². The number of ether oxygens (including phenoxy) is 1. The Morgan fingerprint density at radius 1 is 0.905 bits per heavy atom. The van der Waals surface area contributed by atoms with E-state index in [-0.39, 0.29) is 12.4 Å². The van der Waals surface area contributed by atoms with E-state index in [4.69, 9.17) is 4.74 Å². The van der Waals surface area contributed by atoms with Gasteiger partial charge in [-0.3, -0.25) is 0 Å². The molecule has 0 aromatic carbocycles. The van der Waals surface area contributed by atoms with E-state index in [1.54, 1.807) is 0 Å². The molecule has 0 spiro atoms. The molecule has 0 aromatic rings. The Hall–Kier alpha value is 0.210. The van der Waals surface area contributed by atoms with Crippen molar-refractivity contribution in [2.75, 3.05) is 27.4 Å². The molecular formula is C18H38ClNO. The van der Waals surface area contributed by atoms with Gasteiger partial charge < -0.3 is 21.6 Å². The van der Waals surface area contributed by atoms with Gasteiger partial charge in [0.15, 0.2) is 6.73 Å². The number of unbranched alkanes of at least 4 members (excludes halogenated alkanes) is 5. The van der Waals surface area contributed by atoms with Gasteiger partial charge >= 0.3 is 0 Å². The van der Waals surface area contributed by atoms with E-state index in [1.807, 2.05) is 0 Å². The first-order valence-electron chi connectivity index (χ1n) is 8.97. The van der Waals surface area contributed by atoms with Crippen LogP contribution in [0.25, 0.3) is 0 Å². The van der Waals surface area contributed by atoms with Crippen LogP contribution in [0.15, 0.2) is 0 Å². The highest BCUT2D eigenvalue weighted by Crippen LogP contribution is 2.25. The molecule has 2 nitrogen and oxygen atoms in total. The van der Waals surface area contributed by atoms with Crippen molar-refractivity contribution in [2.45, 2.75) is 84.2 Å². The van der Waals surface area contributed by atoms with Gasteiger partial charge in [-0.2, -0.15) is 0 Å². The molecule has 3 heteroatoms. The van der Waals surface area contributed by atoms with Crippen LogP contribution in [-0.2, 0) is 4.74 Å². The second-order valence-corrected chi connectivity index (χ2v) is 7.60. The molecule has 0 radical (unpaired) electrons. The third kappa shape index (κ3) is 10.5. The molecule has 0 bridgehead atoms. The Morgan fingerprint density at radius 2 is 1.48 bits per heavy atom. The predicted octanol–water partition coefficient (Wildman–Crippen LogP) is 1.98. The van der Waals surface area contributed by atoms with Crippen molar-refractivity contribution >= 4 is 0 Å². The number of nitrogens with zero attached hydrogens (tertiary/aromatic N) is 1. The van der Waals surface area contributed by atoms with Crippen LogP contribution in [0.1, 0.15) is 78.1 Å². The lowest BCUT2D eigenvalue weighted by molar-refractivity contribution is -0.910. The van der Waals surface area contributed by atoms with E-state index in [9.17, 15) is 0 Å². The lowest BCUT2D eigenvalue weighted by atomic mass is 9.89. The molecule has 1 saturated carbocycles. The fourth-order valence-corrected chi connectivity index (χ4v) is 3.09. The zero-order valence-corrected chi connectivity index (χ0v) is 15.6. The first-order chi connectivity index (χ1) is 9.53. The lowest BCUT2D eigenvalue weighted by Gasteiger charge is -2.33. The maximum absolute atomic E-state index is 6.16. The Labute approximate surface area is 139 Å². The lowest BCUT2D eigenvalue weighted by Crippen LogP contribution is -3.00. The van der Waals surface area contributed by atoms with Crippen molar-refractivity contribution in [3.63, 3.8) is 0 Å². The molecule has 128 valence electrons. The molecule has 1 rings (SSSR count). The minimum Gasteiger partial charge on any atom is -1.00 e. The van der Waals surface area contributed by atoms with Gasteiger partial charge in [-0.15, -0.1) is 0 Å². The quantitative estimate of drug-likeness (QED) is 0.340. The van der Waals surface area contributed by atoms with Crippen molar-refractivity contribution in [1.82, 2.24) is 0 Å².